The molecule has 3 N–H and O–H groups in total. The third-order valence-electron chi connectivity index (χ3n) is 3.71. The van der Waals surface area contributed by atoms with Crippen molar-refractivity contribution < 1.29 is 14.4 Å². The lowest BCUT2D eigenvalue weighted by Gasteiger charge is -2.10. The van der Waals surface area contributed by atoms with E-state index >= 15 is 0 Å². The molecule has 136 valence electrons. The molecule has 0 saturated heterocycles. The van der Waals surface area contributed by atoms with Gasteiger partial charge in [0, 0.05) is 29.7 Å². The van der Waals surface area contributed by atoms with E-state index in [9.17, 15) is 14.4 Å². The maximum atomic E-state index is 12.1. The molecule has 0 saturated carbocycles. The molecule has 0 atom stereocenters. The summed E-state index contributed by atoms with van der Waals surface area (Å²) in [5.41, 5.74) is 2.69. The van der Waals surface area contributed by atoms with Crippen LogP contribution in [0.2, 0.25) is 5.02 Å². The van der Waals surface area contributed by atoms with E-state index < -0.39 is 0 Å². The Hall–Kier alpha value is -2.86. The number of carbonyl (C=O) groups excluding carboxylic acids is 3. The van der Waals surface area contributed by atoms with Gasteiger partial charge in [-0.05, 0) is 42.3 Å². The zero-order valence-electron chi connectivity index (χ0n) is 14.6. The maximum absolute atomic E-state index is 12.1. The Morgan fingerprint density at radius 1 is 1.00 bits per heavy atom. The number of rotatable bonds is 6. The predicted molar refractivity (Wildman–Crippen MR) is 101 cm³/mol. The van der Waals surface area contributed by atoms with E-state index in [0.29, 0.717) is 22.8 Å². The highest BCUT2D eigenvalue weighted by Crippen LogP contribution is 2.22. The van der Waals surface area contributed by atoms with Crippen LogP contribution < -0.4 is 16.0 Å². The smallest absolute Gasteiger partial charge is 0.251 e. The molecule has 0 aliphatic rings. The molecular weight excluding hydrogens is 354 g/mol. The molecule has 2 aromatic rings. The van der Waals surface area contributed by atoms with Crippen molar-refractivity contribution in [3.63, 3.8) is 0 Å². The van der Waals surface area contributed by atoms with Gasteiger partial charge >= 0.3 is 0 Å². The largest absolute Gasteiger partial charge is 0.352 e. The summed E-state index contributed by atoms with van der Waals surface area (Å²) in [5.74, 6) is -0.812. The van der Waals surface area contributed by atoms with Gasteiger partial charge in [-0.15, -0.1) is 0 Å². The van der Waals surface area contributed by atoms with E-state index in [0.717, 1.165) is 11.1 Å². The van der Waals surface area contributed by atoms with Gasteiger partial charge in [-0.3, -0.25) is 14.4 Å². The molecule has 6 nitrogen and oxygen atoms in total. The third kappa shape index (κ3) is 5.60. The third-order valence-corrected chi connectivity index (χ3v) is 4.12. The molecule has 0 bridgehead atoms. The van der Waals surface area contributed by atoms with E-state index in [1.807, 2.05) is 0 Å². The van der Waals surface area contributed by atoms with E-state index in [-0.39, 0.29) is 24.3 Å². The molecule has 2 aromatic carbocycles. The summed E-state index contributed by atoms with van der Waals surface area (Å²) in [6.45, 7) is 3.49. The van der Waals surface area contributed by atoms with Crippen LogP contribution >= 0.6 is 11.6 Å². The summed E-state index contributed by atoms with van der Waals surface area (Å²) in [7, 11) is 0. The fraction of sp³-hybridized carbons (Fsp3) is 0.211. The van der Waals surface area contributed by atoms with Crippen LogP contribution in [0.25, 0.3) is 0 Å². The van der Waals surface area contributed by atoms with E-state index in [1.54, 1.807) is 49.4 Å². The Kier molecular flexibility index (Phi) is 6.74. The summed E-state index contributed by atoms with van der Waals surface area (Å²) < 4.78 is 0. The van der Waals surface area contributed by atoms with Gasteiger partial charge in [-0.25, -0.2) is 0 Å². The number of carbonyl (C=O) groups is 3. The second-order valence-corrected chi connectivity index (χ2v) is 6.16. The monoisotopic (exact) mass is 373 g/mol. The van der Waals surface area contributed by atoms with Crippen LogP contribution in [0.1, 0.15) is 28.4 Å². The van der Waals surface area contributed by atoms with Crippen molar-refractivity contribution in [2.24, 2.45) is 0 Å². The van der Waals surface area contributed by atoms with Gasteiger partial charge in [-0.1, -0.05) is 29.8 Å². The van der Waals surface area contributed by atoms with Crippen LogP contribution in [0.4, 0.5) is 5.69 Å². The van der Waals surface area contributed by atoms with E-state index in [4.69, 9.17) is 11.6 Å². The second-order valence-electron chi connectivity index (χ2n) is 5.75. The highest BCUT2D eigenvalue weighted by atomic mass is 35.5. The topological polar surface area (TPSA) is 87.3 Å². The van der Waals surface area contributed by atoms with Crippen molar-refractivity contribution >= 4 is 35.0 Å². The van der Waals surface area contributed by atoms with Crippen molar-refractivity contribution in [2.75, 3.05) is 11.9 Å². The summed E-state index contributed by atoms with van der Waals surface area (Å²) in [5, 5.41) is 8.53. The number of benzene rings is 2. The number of hydrogen-bond donors (Lipinski definition) is 3. The van der Waals surface area contributed by atoms with Crippen LogP contribution in [0, 0.1) is 6.92 Å². The van der Waals surface area contributed by atoms with Crippen molar-refractivity contribution in [3.05, 3.63) is 64.2 Å². The zero-order chi connectivity index (χ0) is 19.1. The number of nitrogens with one attached hydrogen (secondary N) is 3. The van der Waals surface area contributed by atoms with Gasteiger partial charge in [0.2, 0.25) is 11.8 Å². The van der Waals surface area contributed by atoms with Gasteiger partial charge in [0.15, 0.2) is 0 Å². The summed E-state index contributed by atoms with van der Waals surface area (Å²) in [6, 6.07) is 12.0. The molecular formula is C19H20ClN3O3. The summed E-state index contributed by atoms with van der Waals surface area (Å²) in [4.78, 5) is 35.0. The Balaban J connectivity index is 1.86. The van der Waals surface area contributed by atoms with Crippen LogP contribution in [0.5, 0.6) is 0 Å². The molecule has 3 amide bonds. The van der Waals surface area contributed by atoms with Gasteiger partial charge < -0.3 is 16.0 Å². The molecule has 0 heterocycles. The Labute approximate surface area is 156 Å². The highest BCUT2D eigenvalue weighted by molar-refractivity contribution is 6.31. The lowest BCUT2D eigenvalue weighted by atomic mass is 10.1. The number of amides is 3. The minimum absolute atomic E-state index is 0.118. The molecule has 0 aliphatic heterocycles. The van der Waals surface area contributed by atoms with Crippen LogP contribution in [-0.2, 0) is 16.1 Å². The first kappa shape index (κ1) is 19.5. The fourth-order valence-corrected chi connectivity index (χ4v) is 2.37. The molecule has 2 rings (SSSR count). The van der Waals surface area contributed by atoms with Gasteiger partial charge in [-0.2, -0.15) is 0 Å². The average Bonchev–Trinajstić information content (AvgIpc) is 2.62. The minimum Gasteiger partial charge on any atom is -0.352 e. The molecule has 0 aliphatic carbocycles. The maximum Gasteiger partial charge on any atom is 0.251 e. The fourth-order valence-electron chi connectivity index (χ4n) is 2.20. The van der Waals surface area contributed by atoms with Crippen molar-refractivity contribution in [1.29, 1.82) is 0 Å². The molecule has 7 heteroatoms. The van der Waals surface area contributed by atoms with E-state index in [1.165, 1.54) is 6.92 Å². The summed E-state index contributed by atoms with van der Waals surface area (Å²) >= 11 is 6.01. The molecule has 0 unspecified atom stereocenters. The average molecular weight is 374 g/mol. The summed E-state index contributed by atoms with van der Waals surface area (Å²) in [6.07, 6.45) is 0. The molecule has 26 heavy (non-hydrogen) atoms. The molecule has 0 radical (unpaired) electrons. The van der Waals surface area contributed by atoms with Gasteiger partial charge in [0.1, 0.15) is 0 Å². The van der Waals surface area contributed by atoms with Crippen molar-refractivity contribution in [2.45, 2.75) is 20.4 Å². The first-order valence-corrected chi connectivity index (χ1v) is 8.41. The van der Waals surface area contributed by atoms with Crippen LogP contribution in [-0.4, -0.2) is 24.3 Å². The first-order chi connectivity index (χ1) is 12.4. The number of halogens is 1. The second kappa shape index (κ2) is 9.01. The Morgan fingerprint density at radius 2 is 1.69 bits per heavy atom. The predicted octanol–water partition coefficient (Wildman–Crippen LogP) is 2.65. The Morgan fingerprint density at radius 3 is 2.35 bits per heavy atom. The first-order valence-electron chi connectivity index (χ1n) is 8.03. The lowest BCUT2D eigenvalue weighted by molar-refractivity contribution is -0.119. The van der Waals surface area contributed by atoms with E-state index in [2.05, 4.69) is 16.0 Å². The lowest BCUT2D eigenvalue weighted by Crippen LogP contribution is -2.33. The van der Waals surface area contributed by atoms with Gasteiger partial charge in [0.25, 0.3) is 5.91 Å². The molecule has 0 fully saturated rings. The molecule has 0 spiro atoms. The number of hydrogen-bond acceptors (Lipinski definition) is 3. The Bertz CT molecular complexity index is 819. The number of anilines is 1. The van der Waals surface area contributed by atoms with Crippen LogP contribution in [0.3, 0.4) is 0 Å². The standard InChI is InChI=1S/C19H20ClN3O3/c1-12-16(20)4-3-5-17(12)23-18(25)11-22-19(26)15-8-6-14(7-9-15)10-21-13(2)24/h3-9H,10-11H2,1-2H3,(H,21,24)(H,22,26)(H,23,25). The van der Waals surface area contributed by atoms with Crippen molar-refractivity contribution in [3.8, 4) is 0 Å². The van der Waals surface area contributed by atoms with Crippen molar-refractivity contribution in [1.82, 2.24) is 10.6 Å². The highest BCUT2D eigenvalue weighted by Gasteiger charge is 2.10. The minimum atomic E-state index is -0.353. The molecule has 0 aromatic heterocycles. The van der Waals surface area contributed by atoms with Crippen LogP contribution in [0.15, 0.2) is 42.5 Å². The SMILES string of the molecule is CC(=O)NCc1ccc(C(=O)NCC(=O)Nc2cccc(Cl)c2C)cc1. The quantitative estimate of drug-likeness (QED) is 0.727. The normalized spacial score (nSPS) is 10.1. The van der Waals surface area contributed by atoms with Gasteiger partial charge in [0.05, 0.1) is 6.54 Å². The zero-order valence-corrected chi connectivity index (χ0v) is 15.3.